The van der Waals surface area contributed by atoms with E-state index in [1.807, 2.05) is 41.8 Å². The third-order valence-corrected chi connectivity index (χ3v) is 6.78. The van der Waals surface area contributed by atoms with Gasteiger partial charge in [-0.25, -0.2) is 4.79 Å². The summed E-state index contributed by atoms with van der Waals surface area (Å²) in [6.45, 7) is 6.73. The molecule has 2 aromatic carbocycles. The van der Waals surface area contributed by atoms with Crippen LogP contribution in [0, 0.1) is 20.8 Å². The zero-order valence-corrected chi connectivity index (χ0v) is 20.7. The standard InChI is InChI=1S/C27H26N4O5/c1-15-10-22(17(3)31(15)24-11-16(2)36-29-24)23(32)14-30-25(33)27(4,28-26(30)34)20-8-6-19-13-21(35-5)9-7-18(19)12-20/h6-13H,14H2,1-5H3,(H,28,34)/t27-/m0/s1. The van der Waals surface area contributed by atoms with Crippen molar-refractivity contribution in [3.05, 3.63) is 76.8 Å². The summed E-state index contributed by atoms with van der Waals surface area (Å²) in [6.07, 6.45) is 0. The molecule has 5 rings (SSSR count). The Morgan fingerprint density at radius 1 is 1.06 bits per heavy atom. The van der Waals surface area contributed by atoms with Crippen LogP contribution in [0.2, 0.25) is 0 Å². The fraction of sp³-hybridized carbons (Fsp3) is 0.259. The number of aromatic nitrogens is 2. The molecule has 3 heterocycles. The zero-order chi connectivity index (χ0) is 25.8. The Hall–Kier alpha value is -4.40. The Morgan fingerprint density at radius 3 is 2.47 bits per heavy atom. The van der Waals surface area contributed by atoms with Crippen molar-refractivity contribution in [3.8, 4) is 11.6 Å². The molecule has 1 N–H and O–H groups in total. The maximum absolute atomic E-state index is 13.5. The number of carbonyl (C=O) groups is 3. The average Bonchev–Trinajstić information content (AvgIpc) is 3.48. The van der Waals surface area contributed by atoms with Gasteiger partial charge in [-0.15, -0.1) is 0 Å². The van der Waals surface area contributed by atoms with Gasteiger partial charge in [-0.2, -0.15) is 0 Å². The van der Waals surface area contributed by atoms with Crippen molar-refractivity contribution in [3.63, 3.8) is 0 Å². The summed E-state index contributed by atoms with van der Waals surface area (Å²) >= 11 is 0. The number of benzene rings is 2. The fourth-order valence-corrected chi connectivity index (χ4v) is 4.78. The topological polar surface area (TPSA) is 107 Å². The van der Waals surface area contributed by atoms with E-state index in [0.717, 1.165) is 27.1 Å². The molecule has 0 radical (unpaired) electrons. The van der Waals surface area contributed by atoms with Gasteiger partial charge in [-0.05, 0) is 68.3 Å². The van der Waals surface area contributed by atoms with Crippen molar-refractivity contribution < 1.29 is 23.6 Å². The van der Waals surface area contributed by atoms with Crippen molar-refractivity contribution in [2.45, 2.75) is 33.2 Å². The molecule has 1 fully saturated rings. The lowest BCUT2D eigenvalue weighted by Crippen LogP contribution is -2.41. The number of methoxy groups -OCH3 is 1. The van der Waals surface area contributed by atoms with Crippen molar-refractivity contribution in [1.82, 2.24) is 19.9 Å². The molecule has 2 aromatic heterocycles. The predicted octanol–water partition coefficient (Wildman–Crippen LogP) is 4.20. The van der Waals surface area contributed by atoms with Crippen molar-refractivity contribution >= 4 is 28.5 Å². The van der Waals surface area contributed by atoms with Gasteiger partial charge >= 0.3 is 6.03 Å². The second-order valence-electron chi connectivity index (χ2n) is 9.21. The van der Waals surface area contributed by atoms with Crippen LogP contribution >= 0.6 is 0 Å². The molecule has 184 valence electrons. The van der Waals surface area contributed by atoms with Crippen molar-refractivity contribution in [1.29, 1.82) is 0 Å². The Labute approximate surface area is 207 Å². The van der Waals surface area contributed by atoms with Gasteiger partial charge in [0.15, 0.2) is 11.6 Å². The summed E-state index contributed by atoms with van der Waals surface area (Å²) in [5.41, 5.74) is 1.21. The lowest BCUT2D eigenvalue weighted by Gasteiger charge is -2.22. The highest BCUT2D eigenvalue weighted by Crippen LogP contribution is 2.32. The first kappa shape index (κ1) is 23.3. The van der Waals surface area contributed by atoms with E-state index in [9.17, 15) is 14.4 Å². The first-order chi connectivity index (χ1) is 17.1. The molecule has 0 saturated carbocycles. The van der Waals surface area contributed by atoms with Gasteiger partial charge in [-0.3, -0.25) is 19.1 Å². The SMILES string of the molecule is COc1ccc2cc([C@]3(C)NC(=O)N(CC(=O)c4cc(C)n(-c5cc(C)on5)c4C)C3=O)ccc2c1. The van der Waals surface area contributed by atoms with E-state index in [2.05, 4.69) is 10.5 Å². The van der Waals surface area contributed by atoms with E-state index in [1.54, 1.807) is 46.1 Å². The number of hydrogen-bond donors (Lipinski definition) is 1. The Balaban J connectivity index is 1.41. The van der Waals surface area contributed by atoms with E-state index >= 15 is 0 Å². The zero-order valence-electron chi connectivity index (χ0n) is 20.7. The molecule has 1 saturated heterocycles. The van der Waals surface area contributed by atoms with Crippen LogP contribution < -0.4 is 10.1 Å². The first-order valence-corrected chi connectivity index (χ1v) is 11.5. The Morgan fingerprint density at radius 2 is 1.78 bits per heavy atom. The van der Waals surface area contributed by atoms with Crippen LogP contribution in [0.25, 0.3) is 16.6 Å². The summed E-state index contributed by atoms with van der Waals surface area (Å²) in [4.78, 5) is 40.6. The van der Waals surface area contributed by atoms with E-state index < -0.39 is 17.5 Å². The molecule has 0 bridgehead atoms. The monoisotopic (exact) mass is 486 g/mol. The summed E-state index contributed by atoms with van der Waals surface area (Å²) < 4.78 is 12.3. The van der Waals surface area contributed by atoms with Gasteiger partial charge in [0.25, 0.3) is 5.91 Å². The van der Waals surface area contributed by atoms with Crippen LogP contribution in [-0.2, 0) is 10.3 Å². The molecule has 1 aliphatic rings. The highest BCUT2D eigenvalue weighted by Gasteiger charge is 2.49. The molecule has 9 heteroatoms. The van der Waals surface area contributed by atoms with E-state index in [-0.39, 0.29) is 12.3 Å². The van der Waals surface area contributed by atoms with Crippen LogP contribution in [0.15, 0.2) is 53.1 Å². The fourth-order valence-electron chi connectivity index (χ4n) is 4.78. The molecule has 0 aliphatic carbocycles. The molecule has 36 heavy (non-hydrogen) atoms. The number of Topliss-reactive ketones (excluding diaryl/α,β-unsaturated/α-hetero) is 1. The van der Waals surface area contributed by atoms with Crippen LogP contribution in [0.5, 0.6) is 5.75 Å². The quantitative estimate of drug-likeness (QED) is 0.323. The van der Waals surface area contributed by atoms with Crippen LogP contribution in [-0.4, -0.2) is 46.0 Å². The third-order valence-electron chi connectivity index (χ3n) is 6.78. The summed E-state index contributed by atoms with van der Waals surface area (Å²) in [5, 5.41) is 8.67. The number of ether oxygens (including phenoxy) is 1. The van der Waals surface area contributed by atoms with Gasteiger partial charge < -0.3 is 14.6 Å². The second kappa shape index (κ2) is 8.37. The number of rotatable bonds is 6. The van der Waals surface area contributed by atoms with Crippen LogP contribution in [0.1, 0.15) is 40.0 Å². The highest BCUT2D eigenvalue weighted by molar-refractivity contribution is 6.11. The summed E-state index contributed by atoms with van der Waals surface area (Å²) in [6, 6.07) is 14.1. The van der Waals surface area contributed by atoms with E-state index in [0.29, 0.717) is 28.4 Å². The van der Waals surface area contributed by atoms with Gasteiger partial charge in [0.2, 0.25) is 0 Å². The van der Waals surface area contributed by atoms with Crippen molar-refractivity contribution in [2.24, 2.45) is 0 Å². The molecular formula is C27H26N4O5. The van der Waals surface area contributed by atoms with Crippen molar-refractivity contribution in [2.75, 3.05) is 13.7 Å². The largest absolute Gasteiger partial charge is 0.497 e. The second-order valence-corrected chi connectivity index (χ2v) is 9.21. The predicted molar refractivity (Wildman–Crippen MR) is 132 cm³/mol. The van der Waals surface area contributed by atoms with E-state index in [4.69, 9.17) is 9.26 Å². The number of ketones is 1. The maximum Gasteiger partial charge on any atom is 0.325 e. The number of nitrogens with one attached hydrogen (secondary N) is 1. The number of hydrogen-bond acceptors (Lipinski definition) is 6. The van der Waals surface area contributed by atoms with Gasteiger partial charge in [0.1, 0.15) is 17.0 Å². The molecule has 4 aromatic rings. The number of fused-ring (bicyclic) bond motifs is 1. The van der Waals surface area contributed by atoms with E-state index in [1.165, 1.54) is 0 Å². The minimum absolute atomic E-state index is 0.340. The lowest BCUT2D eigenvalue weighted by molar-refractivity contribution is -0.130. The Bertz CT molecular complexity index is 1550. The molecule has 3 amide bonds. The Kier molecular flexibility index (Phi) is 5.43. The molecule has 0 spiro atoms. The lowest BCUT2D eigenvalue weighted by atomic mass is 9.90. The number of urea groups is 1. The molecule has 9 nitrogen and oxygen atoms in total. The van der Waals surface area contributed by atoms with Gasteiger partial charge in [0, 0.05) is 23.0 Å². The average molecular weight is 487 g/mol. The number of carbonyl (C=O) groups excluding carboxylic acids is 3. The van der Waals surface area contributed by atoms with Crippen LogP contribution in [0.3, 0.4) is 0 Å². The maximum atomic E-state index is 13.5. The van der Waals surface area contributed by atoms with Crippen LogP contribution in [0.4, 0.5) is 4.79 Å². The van der Waals surface area contributed by atoms with Gasteiger partial charge in [-0.1, -0.05) is 23.4 Å². The van der Waals surface area contributed by atoms with Gasteiger partial charge in [0.05, 0.1) is 13.7 Å². The number of nitrogens with zero attached hydrogens (tertiary/aromatic N) is 3. The summed E-state index contributed by atoms with van der Waals surface area (Å²) in [5.74, 6) is 1.13. The molecule has 1 aliphatic heterocycles. The first-order valence-electron chi connectivity index (χ1n) is 11.5. The third kappa shape index (κ3) is 3.64. The minimum Gasteiger partial charge on any atom is -0.497 e. The number of imide groups is 1. The number of aryl methyl sites for hydroxylation is 2. The minimum atomic E-state index is -1.29. The highest BCUT2D eigenvalue weighted by atomic mass is 16.5. The molecular weight excluding hydrogens is 460 g/mol. The molecule has 1 atom stereocenters. The smallest absolute Gasteiger partial charge is 0.325 e. The summed E-state index contributed by atoms with van der Waals surface area (Å²) in [7, 11) is 1.60. The number of amides is 3. The molecule has 0 unspecified atom stereocenters. The normalized spacial score (nSPS) is 17.6.